The van der Waals surface area contributed by atoms with Crippen molar-refractivity contribution in [2.45, 2.75) is 50.6 Å². The summed E-state index contributed by atoms with van der Waals surface area (Å²) in [7, 11) is 0. The van der Waals surface area contributed by atoms with Crippen LogP contribution in [0.25, 0.3) is 0 Å². The van der Waals surface area contributed by atoms with E-state index in [1.165, 1.54) is 69.7 Å². The van der Waals surface area contributed by atoms with E-state index in [0.29, 0.717) is 0 Å². The molecule has 2 heterocycles. The maximum atomic E-state index is 3.78. The summed E-state index contributed by atoms with van der Waals surface area (Å²) in [6.07, 6.45) is 8.60. The summed E-state index contributed by atoms with van der Waals surface area (Å²) in [5.74, 6) is 3.82. The molecule has 1 saturated carbocycles. The molecule has 2 aliphatic heterocycles. The average molecular weight is 254 g/mol. The Bertz CT molecular complexity index is 228. The molecule has 0 spiro atoms. The number of nitrogens with zero attached hydrogens (tertiary/aromatic N) is 1. The third-order valence-electron chi connectivity index (χ3n) is 4.63. The molecule has 0 atom stereocenters. The van der Waals surface area contributed by atoms with Gasteiger partial charge in [0.15, 0.2) is 0 Å². The van der Waals surface area contributed by atoms with E-state index in [0.717, 1.165) is 18.0 Å². The molecule has 0 aromatic carbocycles. The Morgan fingerprint density at radius 1 is 0.941 bits per heavy atom. The van der Waals surface area contributed by atoms with Gasteiger partial charge in [-0.3, -0.25) is 0 Å². The number of hydrogen-bond donors (Lipinski definition) is 1. The second kappa shape index (κ2) is 5.94. The zero-order valence-corrected chi connectivity index (χ0v) is 11.7. The fourth-order valence-corrected chi connectivity index (χ4v) is 4.26. The maximum Gasteiger partial charge on any atom is 0.0111 e. The minimum absolute atomic E-state index is 0.824. The van der Waals surface area contributed by atoms with Crippen molar-refractivity contribution >= 4 is 11.8 Å². The zero-order chi connectivity index (χ0) is 11.5. The smallest absolute Gasteiger partial charge is 0.0111 e. The standard InChI is InChI=1S/C14H26N2S/c1-2-12(1)11-15-13-3-7-16(8-4-13)14-5-9-17-10-6-14/h12-15H,1-11H2. The Balaban J connectivity index is 1.36. The van der Waals surface area contributed by atoms with E-state index in [1.54, 1.807) is 0 Å². The van der Waals surface area contributed by atoms with Crippen molar-refractivity contribution in [1.29, 1.82) is 0 Å². The molecule has 3 aliphatic rings. The van der Waals surface area contributed by atoms with Gasteiger partial charge in [-0.15, -0.1) is 0 Å². The lowest BCUT2D eigenvalue weighted by molar-refractivity contribution is 0.135. The molecule has 2 saturated heterocycles. The summed E-state index contributed by atoms with van der Waals surface area (Å²) in [6, 6.07) is 1.74. The van der Waals surface area contributed by atoms with Crippen LogP contribution in [0, 0.1) is 5.92 Å². The summed E-state index contributed by atoms with van der Waals surface area (Å²) in [5, 5.41) is 3.78. The normalized spacial score (nSPS) is 29.6. The van der Waals surface area contributed by atoms with Crippen LogP contribution in [0.3, 0.4) is 0 Å². The Morgan fingerprint density at radius 3 is 2.29 bits per heavy atom. The highest BCUT2D eigenvalue weighted by atomic mass is 32.2. The van der Waals surface area contributed by atoms with Crippen LogP contribution >= 0.6 is 11.8 Å². The molecule has 0 aromatic heterocycles. The van der Waals surface area contributed by atoms with Crippen molar-refractivity contribution in [1.82, 2.24) is 10.2 Å². The first-order chi connectivity index (χ1) is 8.42. The predicted octanol–water partition coefficient (Wildman–Crippen LogP) is 2.35. The van der Waals surface area contributed by atoms with Crippen molar-refractivity contribution in [3.05, 3.63) is 0 Å². The van der Waals surface area contributed by atoms with E-state index in [1.807, 2.05) is 0 Å². The third kappa shape index (κ3) is 3.62. The molecule has 0 unspecified atom stereocenters. The summed E-state index contributed by atoms with van der Waals surface area (Å²) in [6.45, 7) is 3.99. The van der Waals surface area contributed by atoms with Gasteiger partial charge in [-0.05, 0) is 75.6 Å². The molecule has 0 bridgehead atoms. The van der Waals surface area contributed by atoms with E-state index in [-0.39, 0.29) is 0 Å². The minimum atomic E-state index is 0.824. The van der Waals surface area contributed by atoms with Gasteiger partial charge in [0.2, 0.25) is 0 Å². The fourth-order valence-electron chi connectivity index (χ4n) is 3.17. The zero-order valence-electron chi connectivity index (χ0n) is 10.9. The fraction of sp³-hybridized carbons (Fsp3) is 1.00. The van der Waals surface area contributed by atoms with Crippen molar-refractivity contribution in [2.75, 3.05) is 31.1 Å². The van der Waals surface area contributed by atoms with Crippen LogP contribution in [0.1, 0.15) is 38.5 Å². The van der Waals surface area contributed by atoms with Crippen LogP contribution in [0.15, 0.2) is 0 Å². The molecular formula is C14H26N2S. The van der Waals surface area contributed by atoms with Crippen molar-refractivity contribution in [3.8, 4) is 0 Å². The quantitative estimate of drug-likeness (QED) is 0.829. The maximum absolute atomic E-state index is 3.78. The highest BCUT2D eigenvalue weighted by Gasteiger charge is 2.27. The lowest BCUT2D eigenvalue weighted by Gasteiger charge is -2.39. The molecule has 3 rings (SSSR count). The number of hydrogen-bond acceptors (Lipinski definition) is 3. The molecule has 17 heavy (non-hydrogen) atoms. The molecule has 2 nitrogen and oxygen atoms in total. The van der Waals surface area contributed by atoms with Crippen molar-refractivity contribution in [3.63, 3.8) is 0 Å². The van der Waals surface area contributed by atoms with E-state index in [9.17, 15) is 0 Å². The Hall–Kier alpha value is 0.270. The van der Waals surface area contributed by atoms with Gasteiger partial charge >= 0.3 is 0 Å². The van der Waals surface area contributed by atoms with Gasteiger partial charge in [0, 0.05) is 12.1 Å². The van der Waals surface area contributed by atoms with Gasteiger partial charge in [0.25, 0.3) is 0 Å². The van der Waals surface area contributed by atoms with Crippen molar-refractivity contribution < 1.29 is 0 Å². The highest BCUT2D eigenvalue weighted by Crippen LogP contribution is 2.28. The molecular weight excluding hydrogens is 228 g/mol. The largest absolute Gasteiger partial charge is 0.314 e. The summed E-state index contributed by atoms with van der Waals surface area (Å²) in [5.41, 5.74) is 0. The second-order valence-corrected chi connectivity index (χ2v) is 7.23. The van der Waals surface area contributed by atoms with E-state index >= 15 is 0 Å². The second-order valence-electron chi connectivity index (χ2n) is 6.01. The molecule has 0 radical (unpaired) electrons. The van der Waals surface area contributed by atoms with Crippen LogP contribution in [0.2, 0.25) is 0 Å². The third-order valence-corrected chi connectivity index (χ3v) is 5.68. The van der Waals surface area contributed by atoms with Crippen LogP contribution < -0.4 is 5.32 Å². The molecule has 0 amide bonds. The number of likely N-dealkylation sites (tertiary alicyclic amines) is 1. The average Bonchev–Trinajstić information content (AvgIpc) is 3.22. The molecule has 98 valence electrons. The van der Waals surface area contributed by atoms with Crippen molar-refractivity contribution in [2.24, 2.45) is 5.92 Å². The number of rotatable bonds is 4. The lowest BCUT2D eigenvalue weighted by atomic mass is 10.0. The molecule has 3 fully saturated rings. The van der Waals surface area contributed by atoms with Gasteiger partial charge in [-0.1, -0.05) is 0 Å². The summed E-state index contributed by atoms with van der Waals surface area (Å²) in [4.78, 5) is 2.77. The number of thioether (sulfide) groups is 1. The van der Waals surface area contributed by atoms with Crippen LogP contribution in [-0.2, 0) is 0 Å². The first-order valence-electron chi connectivity index (χ1n) is 7.47. The molecule has 3 heteroatoms. The number of piperidine rings is 1. The van der Waals surface area contributed by atoms with E-state index < -0.39 is 0 Å². The van der Waals surface area contributed by atoms with Gasteiger partial charge in [-0.2, -0.15) is 11.8 Å². The predicted molar refractivity (Wildman–Crippen MR) is 75.7 cm³/mol. The number of nitrogens with one attached hydrogen (secondary N) is 1. The van der Waals surface area contributed by atoms with E-state index in [4.69, 9.17) is 0 Å². The SMILES string of the molecule is C1CC(N2CCC(NCC3CC3)CC2)CCS1. The minimum Gasteiger partial charge on any atom is -0.314 e. The van der Waals surface area contributed by atoms with Crippen LogP contribution in [0.4, 0.5) is 0 Å². The molecule has 1 N–H and O–H groups in total. The van der Waals surface area contributed by atoms with Crippen LogP contribution in [0.5, 0.6) is 0 Å². The Morgan fingerprint density at radius 2 is 1.65 bits per heavy atom. The lowest BCUT2D eigenvalue weighted by Crippen LogP contribution is -2.47. The highest BCUT2D eigenvalue weighted by molar-refractivity contribution is 7.99. The van der Waals surface area contributed by atoms with Gasteiger partial charge in [-0.25, -0.2) is 0 Å². The molecule has 1 aliphatic carbocycles. The first-order valence-corrected chi connectivity index (χ1v) is 8.62. The van der Waals surface area contributed by atoms with Gasteiger partial charge < -0.3 is 10.2 Å². The Labute approximate surface area is 110 Å². The molecule has 0 aromatic rings. The topological polar surface area (TPSA) is 15.3 Å². The van der Waals surface area contributed by atoms with Gasteiger partial charge in [0.1, 0.15) is 0 Å². The summed E-state index contributed by atoms with van der Waals surface area (Å²) < 4.78 is 0. The van der Waals surface area contributed by atoms with Crippen LogP contribution in [-0.4, -0.2) is 48.1 Å². The van der Waals surface area contributed by atoms with E-state index in [2.05, 4.69) is 22.0 Å². The monoisotopic (exact) mass is 254 g/mol. The van der Waals surface area contributed by atoms with Gasteiger partial charge in [0.05, 0.1) is 0 Å². The first kappa shape index (κ1) is 12.3. The Kier molecular flexibility index (Phi) is 4.30. The summed E-state index contributed by atoms with van der Waals surface area (Å²) >= 11 is 2.14.